The minimum absolute atomic E-state index is 0.101. The zero-order valence-electron chi connectivity index (χ0n) is 11.0. The number of anilines is 1. The molecule has 0 radical (unpaired) electrons. The molecule has 1 fully saturated rings. The van der Waals surface area contributed by atoms with Crippen LogP contribution in [0.5, 0.6) is 0 Å². The molecule has 1 atom stereocenters. The van der Waals surface area contributed by atoms with Gasteiger partial charge in [0.1, 0.15) is 0 Å². The highest BCUT2D eigenvalue weighted by Gasteiger charge is 2.29. The maximum absolute atomic E-state index is 12.4. The molecule has 2 aliphatic heterocycles. The Morgan fingerprint density at radius 3 is 3.05 bits per heavy atom. The number of benzene rings is 1. The molecule has 0 aliphatic carbocycles. The number of carboxylic acids is 1. The molecule has 0 aromatic heterocycles. The van der Waals surface area contributed by atoms with Crippen molar-refractivity contribution in [3.63, 3.8) is 0 Å². The lowest BCUT2D eigenvalue weighted by Gasteiger charge is -2.31. The summed E-state index contributed by atoms with van der Waals surface area (Å²) in [7, 11) is 0. The molecule has 1 saturated heterocycles. The molecule has 1 aromatic carbocycles. The number of carbonyl (C=O) groups is 2. The van der Waals surface area contributed by atoms with Crippen LogP contribution in [0.2, 0.25) is 0 Å². The van der Waals surface area contributed by atoms with E-state index < -0.39 is 12.1 Å². The van der Waals surface area contributed by atoms with Crippen LogP contribution in [0, 0.1) is 0 Å². The first kappa shape index (κ1) is 12.9. The molecule has 2 aliphatic rings. The Kier molecular flexibility index (Phi) is 3.31. The van der Waals surface area contributed by atoms with Crippen LogP contribution < -0.4 is 5.32 Å². The van der Waals surface area contributed by atoms with E-state index in [4.69, 9.17) is 9.84 Å². The normalized spacial score (nSPS) is 21.2. The molecular weight excluding hydrogens is 260 g/mol. The fraction of sp³-hybridized carbons (Fsp3) is 0.429. The number of carbonyl (C=O) groups excluding carboxylic acids is 1. The standard InChI is InChI=1S/C14H16N2O4/c17-13(16-5-6-20-12(8-16)14(18)19)10-1-2-11-9(7-10)3-4-15-11/h1-2,7,12,15H,3-6,8H2,(H,18,19). The van der Waals surface area contributed by atoms with Gasteiger partial charge in [-0.25, -0.2) is 4.79 Å². The van der Waals surface area contributed by atoms with Gasteiger partial charge in [-0.05, 0) is 30.2 Å². The molecule has 1 unspecified atom stereocenters. The van der Waals surface area contributed by atoms with Gasteiger partial charge in [-0.15, -0.1) is 0 Å². The van der Waals surface area contributed by atoms with E-state index in [1.165, 1.54) is 0 Å². The van der Waals surface area contributed by atoms with E-state index in [9.17, 15) is 9.59 Å². The van der Waals surface area contributed by atoms with Gasteiger partial charge in [0, 0.05) is 24.3 Å². The van der Waals surface area contributed by atoms with Crippen molar-refractivity contribution in [3.8, 4) is 0 Å². The van der Waals surface area contributed by atoms with Crippen molar-refractivity contribution in [2.75, 3.05) is 31.6 Å². The largest absolute Gasteiger partial charge is 0.479 e. The van der Waals surface area contributed by atoms with Gasteiger partial charge in [-0.3, -0.25) is 4.79 Å². The summed E-state index contributed by atoms with van der Waals surface area (Å²) in [4.78, 5) is 24.9. The second-order valence-electron chi connectivity index (χ2n) is 5.00. The van der Waals surface area contributed by atoms with E-state index in [1.54, 1.807) is 11.0 Å². The Morgan fingerprint density at radius 2 is 2.25 bits per heavy atom. The van der Waals surface area contributed by atoms with E-state index in [-0.39, 0.29) is 19.1 Å². The second kappa shape index (κ2) is 5.13. The van der Waals surface area contributed by atoms with E-state index in [1.807, 2.05) is 12.1 Å². The first-order chi connectivity index (χ1) is 9.65. The molecule has 2 N–H and O–H groups in total. The summed E-state index contributed by atoms with van der Waals surface area (Å²) in [5.41, 5.74) is 2.82. The monoisotopic (exact) mass is 276 g/mol. The number of fused-ring (bicyclic) bond motifs is 1. The molecule has 0 saturated carbocycles. The summed E-state index contributed by atoms with van der Waals surface area (Å²) in [6.45, 7) is 1.68. The number of rotatable bonds is 2. The van der Waals surface area contributed by atoms with Crippen molar-refractivity contribution in [3.05, 3.63) is 29.3 Å². The van der Waals surface area contributed by atoms with Gasteiger partial charge >= 0.3 is 5.97 Å². The summed E-state index contributed by atoms with van der Waals surface area (Å²) in [6, 6.07) is 5.58. The lowest BCUT2D eigenvalue weighted by molar-refractivity contribution is -0.154. The van der Waals surface area contributed by atoms with Crippen LogP contribution in [0.3, 0.4) is 0 Å². The molecule has 20 heavy (non-hydrogen) atoms. The first-order valence-electron chi connectivity index (χ1n) is 6.65. The van der Waals surface area contributed by atoms with E-state index in [2.05, 4.69) is 5.32 Å². The zero-order valence-corrected chi connectivity index (χ0v) is 11.0. The van der Waals surface area contributed by atoms with Crippen molar-refractivity contribution in [2.24, 2.45) is 0 Å². The highest BCUT2D eigenvalue weighted by molar-refractivity contribution is 5.95. The van der Waals surface area contributed by atoms with Gasteiger partial charge in [0.15, 0.2) is 6.10 Å². The Morgan fingerprint density at radius 1 is 1.40 bits per heavy atom. The van der Waals surface area contributed by atoms with Crippen LogP contribution in [0.25, 0.3) is 0 Å². The van der Waals surface area contributed by atoms with Gasteiger partial charge in [0.25, 0.3) is 5.91 Å². The van der Waals surface area contributed by atoms with Crippen LogP contribution in [-0.4, -0.2) is 54.2 Å². The van der Waals surface area contributed by atoms with Gasteiger partial charge in [-0.1, -0.05) is 0 Å². The highest BCUT2D eigenvalue weighted by atomic mass is 16.5. The minimum Gasteiger partial charge on any atom is -0.479 e. The SMILES string of the molecule is O=C(O)C1CN(C(=O)c2ccc3c(c2)CCN3)CCO1. The van der Waals surface area contributed by atoms with Crippen molar-refractivity contribution in [1.29, 1.82) is 0 Å². The number of nitrogens with one attached hydrogen (secondary N) is 1. The van der Waals surface area contributed by atoms with Crippen molar-refractivity contribution >= 4 is 17.6 Å². The van der Waals surface area contributed by atoms with Crippen LogP contribution in [0.1, 0.15) is 15.9 Å². The van der Waals surface area contributed by atoms with Crippen molar-refractivity contribution in [2.45, 2.75) is 12.5 Å². The lowest BCUT2D eigenvalue weighted by atomic mass is 10.1. The number of hydrogen-bond donors (Lipinski definition) is 2. The van der Waals surface area contributed by atoms with E-state index in [0.717, 1.165) is 24.2 Å². The summed E-state index contributed by atoms with van der Waals surface area (Å²) in [5.74, 6) is -1.16. The molecule has 1 aromatic rings. The number of carboxylic acid groups (broad SMARTS) is 1. The average molecular weight is 276 g/mol. The predicted molar refractivity (Wildman–Crippen MR) is 71.9 cm³/mol. The van der Waals surface area contributed by atoms with E-state index >= 15 is 0 Å². The maximum Gasteiger partial charge on any atom is 0.334 e. The summed E-state index contributed by atoms with van der Waals surface area (Å²) in [6.07, 6.45) is -0.0130. The number of amides is 1. The number of morpholine rings is 1. The minimum atomic E-state index is -1.03. The van der Waals surface area contributed by atoms with Gasteiger partial charge in [0.2, 0.25) is 0 Å². The number of aliphatic carboxylic acids is 1. The maximum atomic E-state index is 12.4. The third-order valence-electron chi connectivity index (χ3n) is 3.69. The zero-order chi connectivity index (χ0) is 14.1. The average Bonchev–Trinajstić information content (AvgIpc) is 2.94. The Labute approximate surface area is 116 Å². The Hall–Kier alpha value is -2.08. The number of nitrogens with zero attached hydrogens (tertiary/aromatic N) is 1. The molecule has 106 valence electrons. The third kappa shape index (κ3) is 2.34. The number of ether oxygens (including phenoxy) is 1. The van der Waals surface area contributed by atoms with Gasteiger partial charge < -0.3 is 20.1 Å². The van der Waals surface area contributed by atoms with Gasteiger partial charge in [0.05, 0.1) is 13.2 Å². The molecule has 2 heterocycles. The van der Waals surface area contributed by atoms with Crippen LogP contribution in [0.4, 0.5) is 5.69 Å². The summed E-state index contributed by atoms with van der Waals surface area (Å²) in [5, 5.41) is 12.2. The van der Waals surface area contributed by atoms with Crippen molar-refractivity contribution < 1.29 is 19.4 Å². The van der Waals surface area contributed by atoms with Crippen LogP contribution in [0.15, 0.2) is 18.2 Å². The Balaban J connectivity index is 1.76. The fourth-order valence-electron chi connectivity index (χ4n) is 2.60. The highest BCUT2D eigenvalue weighted by Crippen LogP contribution is 2.24. The second-order valence-corrected chi connectivity index (χ2v) is 5.00. The third-order valence-corrected chi connectivity index (χ3v) is 3.69. The van der Waals surface area contributed by atoms with Gasteiger partial charge in [-0.2, -0.15) is 0 Å². The molecular formula is C14H16N2O4. The molecule has 6 nitrogen and oxygen atoms in total. The Bertz CT molecular complexity index is 558. The smallest absolute Gasteiger partial charge is 0.334 e. The van der Waals surface area contributed by atoms with Crippen LogP contribution in [-0.2, 0) is 16.0 Å². The van der Waals surface area contributed by atoms with E-state index in [0.29, 0.717) is 12.1 Å². The molecule has 6 heteroatoms. The molecule has 0 spiro atoms. The first-order valence-corrected chi connectivity index (χ1v) is 6.65. The topological polar surface area (TPSA) is 78.9 Å². The summed E-state index contributed by atoms with van der Waals surface area (Å²) >= 11 is 0. The fourth-order valence-corrected chi connectivity index (χ4v) is 2.60. The molecule has 0 bridgehead atoms. The predicted octanol–water partition coefficient (Wildman–Crippen LogP) is 0.580. The lowest BCUT2D eigenvalue weighted by Crippen LogP contribution is -2.48. The van der Waals surface area contributed by atoms with Crippen LogP contribution >= 0.6 is 0 Å². The summed E-state index contributed by atoms with van der Waals surface area (Å²) < 4.78 is 5.13. The number of hydrogen-bond acceptors (Lipinski definition) is 4. The molecule has 3 rings (SSSR count). The molecule has 1 amide bonds. The van der Waals surface area contributed by atoms with Crippen molar-refractivity contribution in [1.82, 2.24) is 4.90 Å². The quantitative estimate of drug-likeness (QED) is 0.826.